The van der Waals surface area contributed by atoms with Crippen molar-refractivity contribution in [2.24, 2.45) is 11.8 Å². The number of benzene rings is 1. The molecule has 3 atom stereocenters. The molecule has 6 amide bonds. The van der Waals surface area contributed by atoms with Gasteiger partial charge in [-0.25, -0.2) is 4.79 Å². The van der Waals surface area contributed by atoms with Crippen molar-refractivity contribution >= 4 is 64.9 Å². The Labute approximate surface area is 301 Å². The predicted octanol–water partition coefficient (Wildman–Crippen LogP) is 1.45. The number of amides is 6. The van der Waals surface area contributed by atoms with Gasteiger partial charge in [0, 0.05) is 27.1 Å². The van der Waals surface area contributed by atoms with E-state index in [9.17, 15) is 33.6 Å². The number of ether oxygens (including phenoxy) is 1. The Morgan fingerprint density at radius 2 is 1.64 bits per heavy atom. The standard InChI is InChI=1S/C34H48N6O8S2/c1-21(2)19-48-33(47)36-18-27(42)40-20-34(49-13-8-14-50-34)16-25(40)30(44)37-24(15-22-11-12-22)29(43)31(45)35-17-26(41)38-28(32(46)39(3)4)23-9-6-5-7-10-23/h5-7,9-10,21-22,24-25,28H,8,11-20H2,1-4H3,(H,35,45)(H,36,47)(H,37,44)(H,38,41)/t24?,25-,28?/m0/s1. The number of hydrogen-bond donors (Lipinski definition) is 4. The minimum atomic E-state index is -1.16. The van der Waals surface area contributed by atoms with Gasteiger partial charge >= 0.3 is 6.09 Å². The average molecular weight is 733 g/mol. The Morgan fingerprint density at radius 1 is 0.960 bits per heavy atom. The van der Waals surface area contributed by atoms with E-state index in [4.69, 9.17) is 4.74 Å². The van der Waals surface area contributed by atoms with Crippen molar-refractivity contribution in [2.75, 3.05) is 51.8 Å². The second kappa shape index (κ2) is 17.9. The van der Waals surface area contributed by atoms with Crippen LogP contribution >= 0.6 is 23.5 Å². The molecule has 0 radical (unpaired) electrons. The molecule has 4 N–H and O–H groups in total. The third kappa shape index (κ3) is 11.1. The molecule has 2 saturated heterocycles. The van der Waals surface area contributed by atoms with E-state index in [0.717, 1.165) is 30.8 Å². The molecule has 2 aliphatic heterocycles. The molecular formula is C34H48N6O8S2. The van der Waals surface area contributed by atoms with Crippen molar-refractivity contribution in [1.29, 1.82) is 0 Å². The predicted molar refractivity (Wildman–Crippen MR) is 190 cm³/mol. The number of alkyl carbamates (subject to hydrolysis) is 1. The van der Waals surface area contributed by atoms with Crippen molar-refractivity contribution in [3.8, 4) is 0 Å². The maximum atomic E-state index is 13.9. The summed E-state index contributed by atoms with van der Waals surface area (Å²) in [6.07, 6.45) is 2.59. The summed E-state index contributed by atoms with van der Waals surface area (Å²) in [5.41, 5.74) is 0.558. The maximum absolute atomic E-state index is 13.9. The normalized spacial score (nSPS) is 19.2. The van der Waals surface area contributed by atoms with Gasteiger partial charge in [0.2, 0.25) is 29.4 Å². The van der Waals surface area contributed by atoms with Crippen LogP contribution in [0.1, 0.15) is 57.6 Å². The van der Waals surface area contributed by atoms with Gasteiger partial charge < -0.3 is 35.8 Å². The van der Waals surface area contributed by atoms with Crippen molar-refractivity contribution in [3.05, 3.63) is 35.9 Å². The van der Waals surface area contributed by atoms with E-state index in [2.05, 4.69) is 21.3 Å². The number of likely N-dealkylation sites (N-methyl/N-ethyl adjacent to an activating group) is 1. The number of Topliss-reactive ketones (excluding diaryl/α,β-unsaturated/α-hetero) is 1. The lowest BCUT2D eigenvalue weighted by Gasteiger charge is -2.31. The van der Waals surface area contributed by atoms with Crippen LogP contribution in [0.15, 0.2) is 30.3 Å². The number of thioether (sulfide) groups is 2. The van der Waals surface area contributed by atoms with Crippen LogP contribution in [0.5, 0.6) is 0 Å². The zero-order chi connectivity index (χ0) is 36.4. The van der Waals surface area contributed by atoms with Gasteiger partial charge in [0.1, 0.15) is 18.6 Å². The third-order valence-corrected chi connectivity index (χ3v) is 11.9. The molecule has 2 unspecified atom stereocenters. The fraction of sp³-hybridized carbons (Fsp3) is 0.618. The first-order chi connectivity index (χ1) is 23.8. The van der Waals surface area contributed by atoms with Crippen molar-refractivity contribution < 1.29 is 38.3 Å². The second-order valence-electron chi connectivity index (χ2n) is 13.5. The molecule has 1 aliphatic carbocycles. The van der Waals surface area contributed by atoms with Crippen LogP contribution in [0.25, 0.3) is 0 Å². The molecule has 3 fully saturated rings. The van der Waals surface area contributed by atoms with Gasteiger partial charge in [0.05, 0.1) is 23.3 Å². The lowest BCUT2D eigenvalue weighted by atomic mass is 10.0. The number of nitrogens with zero attached hydrogens (tertiary/aromatic N) is 2. The van der Waals surface area contributed by atoms with Crippen LogP contribution in [0.4, 0.5) is 4.79 Å². The highest BCUT2D eigenvalue weighted by Gasteiger charge is 2.51. The highest BCUT2D eigenvalue weighted by molar-refractivity contribution is 8.18. The minimum absolute atomic E-state index is 0.125. The number of ketones is 1. The summed E-state index contributed by atoms with van der Waals surface area (Å²) in [6, 6.07) is 5.59. The lowest BCUT2D eigenvalue weighted by molar-refractivity contribution is -0.142. The van der Waals surface area contributed by atoms with Gasteiger partial charge in [-0.15, -0.1) is 23.5 Å². The monoisotopic (exact) mass is 732 g/mol. The van der Waals surface area contributed by atoms with E-state index in [1.54, 1.807) is 68.0 Å². The Bertz CT molecular complexity index is 1420. The molecule has 274 valence electrons. The van der Waals surface area contributed by atoms with Gasteiger partial charge in [-0.2, -0.15) is 0 Å². The Kier molecular flexibility index (Phi) is 14.0. The lowest BCUT2D eigenvalue weighted by Crippen LogP contribution is -2.55. The fourth-order valence-corrected chi connectivity index (χ4v) is 9.05. The zero-order valence-electron chi connectivity index (χ0n) is 29.0. The number of likely N-dealkylation sites (tertiary alicyclic amines) is 1. The van der Waals surface area contributed by atoms with Crippen LogP contribution in [0.3, 0.4) is 0 Å². The first-order valence-electron chi connectivity index (χ1n) is 16.9. The zero-order valence-corrected chi connectivity index (χ0v) is 30.7. The van der Waals surface area contributed by atoms with E-state index in [1.807, 2.05) is 13.8 Å². The molecular weight excluding hydrogens is 685 g/mol. The van der Waals surface area contributed by atoms with E-state index in [1.165, 1.54) is 9.80 Å². The van der Waals surface area contributed by atoms with Crippen LogP contribution in [0.2, 0.25) is 0 Å². The van der Waals surface area contributed by atoms with Crippen molar-refractivity contribution in [1.82, 2.24) is 31.1 Å². The largest absolute Gasteiger partial charge is 0.449 e. The van der Waals surface area contributed by atoms with Crippen LogP contribution in [-0.2, 0) is 33.5 Å². The molecule has 2 heterocycles. The Hall–Kier alpha value is -3.79. The Balaban J connectivity index is 1.39. The summed E-state index contributed by atoms with van der Waals surface area (Å²) in [7, 11) is 3.13. The van der Waals surface area contributed by atoms with Gasteiger partial charge in [0.25, 0.3) is 5.91 Å². The number of rotatable bonds is 15. The molecule has 3 aliphatic rings. The number of carbonyl (C=O) groups excluding carboxylic acids is 7. The first-order valence-corrected chi connectivity index (χ1v) is 18.9. The SMILES string of the molecule is CC(C)COC(=O)NCC(=O)N1CC2(C[C@H]1C(=O)NC(CC1CC1)C(=O)C(=O)NCC(=O)NC(C(=O)N(C)C)c1ccccc1)SCCCS2. The van der Waals surface area contributed by atoms with E-state index >= 15 is 0 Å². The number of hydrogen-bond acceptors (Lipinski definition) is 10. The topological polar surface area (TPSA) is 183 Å². The molecule has 4 rings (SSSR count). The van der Waals surface area contributed by atoms with Crippen molar-refractivity contribution in [2.45, 2.75) is 68.2 Å². The average Bonchev–Trinajstić information content (AvgIpc) is 3.85. The number of carbonyl (C=O) groups is 7. The smallest absolute Gasteiger partial charge is 0.407 e. The molecule has 50 heavy (non-hydrogen) atoms. The highest BCUT2D eigenvalue weighted by Crippen LogP contribution is 2.50. The van der Waals surface area contributed by atoms with E-state index in [0.29, 0.717) is 18.5 Å². The first kappa shape index (κ1) is 39.0. The summed E-state index contributed by atoms with van der Waals surface area (Å²) in [5, 5.41) is 10.2. The molecule has 1 spiro atoms. The van der Waals surface area contributed by atoms with E-state index in [-0.39, 0.29) is 37.3 Å². The third-order valence-electron chi connectivity index (χ3n) is 8.52. The fourth-order valence-electron chi connectivity index (χ4n) is 5.70. The summed E-state index contributed by atoms with van der Waals surface area (Å²) < 4.78 is 4.71. The van der Waals surface area contributed by atoms with Crippen LogP contribution < -0.4 is 21.3 Å². The minimum Gasteiger partial charge on any atom is -0.449 e. The maximum Gasteiger partial charge on any atom is 0.407 e. The number of nitrogens with one attached hydrogen (secondary N) is 4. The molecule has 0 aromatic heterocycles. The molecule has 0 bridgehead atoms. The van der Waals surface area contributed by atoms with Crippen LogP contribution in [0, 0.1) is 11.8 Å². The van der Waals surface area contributed by atoms with Gasteiger partial charge in [-0.05, 0) is 41.7 Å². The highest BCUT2D eigenvalue weighted by atomic mass is 32.2. The Morgan fingerprint density at radius 3 is 2.26 bits per heavy atom. The van der Waals surface area contributed by atoms with Gasteiger partial charge in [0.15, 0.2) is 0 Å². The summed E-state index contributed by atoms with van der Waals surface area (Å²) in [5.74, 6) is -1.94. The molecule has 1 aromatic rings. The molecule has 1 aromatic carbocycles. The molecule has 14 nitrogen and oxygen atoms in total. The molecule has 16 heteroatoms. The summed E-state index contributed by atoms with van der Waals surface area (Å²) >= 11 is 3.40. The molecule has 1 saturated carbocycles. The van der Waals surface area contributed by atoms with Gasteiger partial charge in [-0.3, -0.25) is 28.8 Å². The quantitative estimate of drug-likeness (QED) is 0.193. The van der Waals surface area contributed by atoms with E-state index < -0.39 is 64.3 Å². The summed E-state index contributed by atoms with van der Waals surface area (Å²) in [4.78, 5) is 94.3. The van der Waals surface area contributed by atoms with Gasteiger partial charge in [-0.1, -0.05) is 57.0 Å². The second-order valence-corrected chi connectivity index (χ2v) is 16.7. The van der Waals surface area contributed by atoms with Crippen LogP contribution in [-0.4, -0.2) is 119 Å². The van der Waals surface area contributed by atoms with Crippen molar-refractivity contribution in [3.63, 3.8) is 0 Å². The summed E-state index contributed by atoms with van der Waals surface area (Å²) in [6.45, 7) is 3.36.